The molecule has 0 unspecified atom stereocenters. The standard InChI is InChI=1S/C15H10N6O2/c22-13(16-15-17-19-20-18-15)11-5-6-12-10-4-2-1-3-9(10)7-8-21(12)14(11)23/h1-8H,(H2,16,17,18,19,20,22). The Hall–Kier alpha value is -3.55. The number of H-pyrrole nitrogens is 1. The largest absolute Gasteiger partial charge is 0.288 e. The van der Waals surface area contributed by atoms with Crippen molar-refractivity contribution < 1.29 is 4.79 Å². The first-order valence-electron chi connectivity index (χ1n) is 6.82. The number of carbonyl (C=O) groups excluding carboxylic acids is 1. The van der Waals surface area contributed by atoms with Crippen LogP contribution in [0.2, 0.25) is 0 Å². The van der Waals surface area contributed by atoms with E-state index in [1.54, 1.807) is 12.3 Å². The van der Waals surface area contributed by atoms with Gasteiger partial charge in [0.25, 0.3) is 17.4 Å². The van der Waals surface area contributed by atoms with Gasteiger partial charge in [0.15, 0.2) is 0 Å². The quantitative estimate of drug-likeness (QED) is 0.542. The van der Waals surface area contributed by atoms with Gasteiger partial charge in [0.1, 0.15) is 5.56 Å². The predicted octanol–water partition coefficient (Wildman–Crippen LogP) is 1.22. The van der Waals surface area contributed by atoms with Crippen LogP contribution < -0.4 is 10.9 Å². The molecule has 23 heavy (non-hydrogen) atoms. The molecule has 0 bridgehead atoms. The number of pyridine rings is 2. The van der Waals surface area contributed by atoms with Crippen molar-refractivity contribution in [3.8, 4) is 0 Å². The normalized spacial score (nSPS) is 11.0. The van der Waals surface area contributed by atoms with Gasteiger partial charge in [-0.3, -0.25) is 19.3 Å². The first kappa shape index (κ1) is 13.1. The van der Waals surface area contributed by atoms with Crippen LogP contribution in [0.15, 0.2) is 53.5 Å². The number of anilines is 1. The third-order valence-corrected chi connectivity index (χ3v) is 3.57. The minimum Gasteiger partial charge on any atom is -0.288 e. The van der Waals surface area contributed by atoms with Gasteiger partial charge in [-0.25, -0.2) is 0 Å². The second-order valence-corrected chi connectivity index (χ2v) is 4.90. The van der Waals surface area contributed by atoms with Gasteiger partial charge < -0.3 is 0 Å². The van der Waals surface area contributed by atoms with Crippen molar-refractivity contribution in [3.05, 3.63) is 64.6 Å². The fraction of sp³-hybridized carbons (Fsp3) is 0. The van der Waals surface area contributed by atoms with Crippen molar-refractivity contribution >= 4 is 28.1 Å². The molecule has 0 aliphatic heterocycles. The molecule has 1 amide bonds. The molecule has 0 aliphatic carbocycles. The number of hydrogen-bond acceptors (Lipinski definition) is 5. The molecular formula is C15H10N6O2. The summed E-state index contributed by atoms with van der Waals surface area (Å²) < 4.78 is 1.45. The highest BCUT2D eigenvalue weighted by Crippen LogP contribution is 2.18. The van der Waals surface area contributed by atoms with E-state index in [0.29, 0.717) is 0 Å². The Morgan fingerprint density at radius 1 is 1.13 bits per heavy atom. The maximum atomic E-state index is 12.6. The highest BCUT2D eigenvalue weighted by atomic mass is 16.2. The second kappa shape index (κ2) is 5.02. The molecule has 4 rings (SSSR count). The van der Waals surface area contributed by atoms with E-state index in [2.05, 4.69) is 25.9 Å². The molecule has 3 aromatic heterocycles. The van der Waals surface area contributed by atoms with Gasteiger partial charge in [0.2, 0.25) is 0 Å². The summed E-state index contributed by atoms with van der Waals surface area (Å²) in [6.07, 6.45) is 1.66. The Morgan fingerprint density at radius 3 is 2.83 bits per heavy atom. The van der Waals surface area contributed by atoms with Crippen LogP contribution in [-0.2, 0) is 0 Å². The fourth-order valence-corrected chi connectivity index (χ4v) is 2.51. The number of carbonyl (C=O) groups is 1. The van der Waals surface area contributed by atoms with Crippen LogP contribution in [0.5, 0.6) is 0 Å². The molecule has 2 N–H and O–H groups in total. The molecule has 0 fully saturated rings. The van der Waals surface area contributed by atoms with E-state index in [0.717, 1.165) is 16.3 Å². The zero-order valence-electron chi connectivity index (χ0n) is 11.7. The average molecular weight is 306 g/mol. The van der Waals surface area contributed by atoms with Crippen LogP contribution >= 0.6 is 0 Å². The van der Waals surface area contributed by atoms with Crippen LogP contribution in [0.3, 0.4) is 0 Å². The van der Waals surface area contributed by atoms with Gasteiger partial charge in [0.05, 0.1) is 5.52 Å². The van der Waals surface area contributed by atoms with Gasteiger partial charge in [-0.1, -0.05) is 29.4 Å². The minimum absolute atomic E-state index is 0.00239. The number of amides is 1. The zero-order chi connectivity index (χ0) is 15.8. The molecule has 3 heterocycles. The molecule has 0 saturated carbocycles. The lowest BCUT2D eigenvalue weighted by Crippen LogP contribution is -2.26. The number of tetrazole rings is 1. The van der Waals surface area contributed by atoms with E-state index in [9.17, 15) is 9.59 Å². The van der Waals surface area contributed by atoms with Crippen molar-refractivity contribution in [2.24, 2.45) is 0 Å². The van der Waals surface area contributed by atoms with Gasteiger partial charge in [-0.15, -0.1) is 5.10 Å². The number of rotatable bonds is 2. The number of aromatic nitrogens is 5. The summed E-state index contributed by atoms with van der Waals surface area (Å²) in [5.41, 5.74) is 0.334. The summed E-state index contributed by atoms with van der Waals surface area (Å²) in [6.45, 7) is 0. The van der Waals surface area contributed by atoms with Crippen molar-refractivity contribution in [1.29, 1.82) is 0 Å². The lowest BCUT2D eigenvalue weighted by atomic mass is 10.1. The van der Waals surface area contributed by atoms with Crippen LogP contribution in [-0.4, -0.2) is 30.9 Å². The second-order valence-electron chi connectivity index (χ2n) is 4.90. The summed E-state index contributed by atoms with van der Waals surface area (Å²) in [5, 5.41) is 17.2. The van der Waals surface area contributed by atoms with Crippen molar-refractivity contribution in [2.75, 3.05) is 5.32 Å². The van der Waals surface area contributed by atoms with Crippen molar-refractivity contribution in [2.45, 2.75) is 0 Å². The van der Waals surface area contributed by atoms with E-state index < -0.39 is 11.5 Å². The van der Waals surface area contributed by atoms with Crippen molar-refractivity contribution in [3.63, 3.8) is 0 Å². The van der Waals surface area contributed by atoms with Crippen molar-refractivity contribution in [1.82, 2.24) is 25.0 Å². The van der Waals surface area contributed by atoms with Crippen LogP contribution in [0, 0.1) is 0 Å². The topological polar surface area (TPSA) is 105 Å². The molecular weight excluding hydrogens is 296 g/mol. The van der Waals surface area contributed by atoms with Crippen LogP contribution in [0.25, 0.3) is 16.3 Å². The molecule has 0 aliphatic rings. The van der Waals surface area contributed by atoms with Crippen LogP contribution in [0.4, 0.5) is 5.95 Å². The Morgan fingerprint density at radius 2 is 2.00 bits per heavy atom. The number of hydrogen-bond donors (Lipinski definition) is 2. The summed E-state index contributed by atoms with van der Waals surface area (Å²) in [7, 11) is 0. The lowest BCUT2D eigenvalue weighted by molar-refractivity contribution is 0.102. The lowest BCUT2D eigenvalue weighted by Gasteiger charge is -2.07. The average Bonchev–Trinajstić information content (AvgIpc) is 3.08. The third-order valence-electron chi connectivity index (χ3n) is 3.57. The monoisotopic (exact) mass is 306 g/mol. The molecule has 1 aromatic carbocycles. The Bertz CT molecular complexity index is 1080. The first-order valence-corrected chi connectivity index (χ1v) is 6.82. The number of benzene rings is 1. The number of nitrogens with zero attached hydrogens (tertiary/aromatic N) is 4. The number of nitrogens with one attached hydrogen (secondary N) is 2. The summed E-state index contributed by atoms with van der Waals surface area (Å²) >= 11 is 0. The van der Waals surface area contributed by atoms with E-state index in [1.165, 1.54) is 10.5 Å². The highest BCUT2D eigenvalue weighted by molar-refractivity contribution is 6.04. The van der Waals surface area contributed by atoms with Gasteiger partial charge in [-0.2, -0.15) is 5.21 Å². The Balaban J connectivity index is 1.86. The van der Waals surface area contributed by atoms with Gasteiger partial charge >= 0.3 is 0 Å². The Labute approximate surface area is 128 Å². The minimum atomic E-state index is -0.584. The van der Waals surface area contributed by atoms with E-state index in [4.69, 9.17) is 0 Å². The molecule has 0 saturated heterocycles. The molecule has 0 spiro atoms. The summed E-state index contributed by atoms with van der Waals surface area (Å²) in [6, 6.07) is 12.8. The third kappa shape index (κ3) is 2.13. The summed E-state index contributed by atoms with van der Waals surface area (Å²) in [4.78, 5) is 24.8. The molecule has 0 atom stereocenters. The summed E-state index contributed by atoms with van der Waals surface area (Å²) in [5.74, 6) is -0.572. The highest BCUT2D eigenvalue weighted by Gasteiger charge is 2.14. The van der Waals surface area contributed by atoms with E-state index in [1.807, 2.05) is 30.3 Å². The molecule has 8 heteroatoms. The van der Waals surface area contributed by atoms with Gasteiger partial charge in [0, 0.05) is 11.6 Å². The number of aromatic amines is 1. The van der Waals surface area contributed by atoms with E-state index >= 15 is 0 Å². The fourth-order valence-electron chi connectivity index (χ4n) is 2.51. The molecule has 8 nitrogen and oxygen atoms in total. The predicted molar refractivity (Wildman–Crippen MR) is 83.3 cm³/mol. The molecule has 112 valence electrons. The molecule has 0 radical (unpaired) electrons. The van der Waals surface area contributed by atoms with E-state index in [-0.39, 0.29) is 11.5 Å². The number of fused-ring (bicyclic) bond motifs is 3. The maximum Gasteiger partial charge on any atom is 0.270 e. The zero-order valence-corrected chi connectivity index (χ0v) is 11.7. The Kier molecular flexibility index (Phi) is 2.87. The van der Waals surface area contributed by atoms with Gasteiger partial charge in [-0.05, 0) is 28.8 Å². The molecule has 4 aromatic rings. The smallest absolute Gasteiger partial charge is 0.270 e. The SMILES string of the molecule is O=C(Nc1nn[nH]n1)c1ccc2c3ccccc3ccn2c1=O. The first-order chi connectivity index (χ1) is 11.2. The van der Waals surface area contributed by atoms with Crippen LogP contribution in [0.1, 0.15) is 10.4 Å². The maximum absolute atomic E-state index is 12.6.